The van der Waals surface area contributed by atoms with Crippen LogP contribution in [-0.4, -0.2) is 50.5 Å². The summed E-state index contributed by atoms with van der Waals surface area (Å²) in [6, 6.07) is 0. The van der Waals surface area contributed by atoms with Crippen LogP contribution in [-0.2, 0) is 18.6 Å². The molecule has 1 aromatic heterocycles. The third-order valence-corrected chi connectivity index (χ3v) is 3.51. The normalized spacial score (nSPS) is 25.0. The molecule has 1 amide bonds. The van der Waals surface area contributed by atoms with Gasteiger partial charge in [0, 0.05) is 0 Å². The van der Waals surface area contributed by atoms with Gasteiger partial charge >= 0.3 is 7.60 Å². The van der Waals surface area contributed by atoms with Crippen LogP contribution in [0.15, 0.2) is 6.33 Å². The molecule has 0 spiro atoms. The van der Waals surface area contributed by atoms with Crippen molar-refractivity contribution in [2.24, 2.45) is 5.73 Å². The van der Waals surface area contributed by atoms with Crippen LogP contribution < -0.4 is 5.73 Å². The van der Waals surface area contributed by atoms with E-state index in [1.54, 1.807) is 0 Å². The summed E-state index contributed by atoms with van der Waals surface area (Å²) in [6.07, 6.45) is -2.44. The zero-order chi connectivity index (χ0) is 15.6. The van der Waals surface area contributed by atoms with E-state index in [-0.39, 0.29) is 12.2 Å². The number of ether oxygens (including phenoxy) is 1. The summed E-state index contributed by atoms with van der Waals surface area (Å²) in [5, 5.41) is 3.73. The predicted molar refractivity (Wildman–Crippen MR) is 63.8 cm³/mol. The minimum atomic E-state index is -4.35. The average Bonchev–Trinajstić information content (AvgIpc) is 3.03. The molecule has 0 aromatic carbocycles. The molecule has 2 heterocycles. The van der Waals surface area contributed by atoms with Gasteiger partial charge in [-0.3, -0.25) is 14.2 Å². The molecule has 3 atom stereocenters. The number of halogens is 1. The van der Waals surface area contributed by atoms with Crippen molar-refractivity contribution in [3.8, 4) is 0 Å². The number of rotatable bonds is 6. The van der Waals surface area contributed by atoms with Crippen molar-refractivity contribution < 1.29 is 32.7 Å². The summed E-state index contributed by atoms with van der Waals surface area (Å²) in [4.78, 5) is 35.1. The van der Waals surface area contributed by atoms with E-state index < -0.39 is 44.6 Å². The second-order valence-electron chi connectivity index (χ2n) is 4.21. The average molecular weight is 322 g/mol. The smallest absolute Gasteiger partial charge is 0.358 e. The molecule has 1 fully saturated rings. The molecular weight excluding hydrogens is 310 g/mol. The van der Waals surface area contributed by atoms with E-state index in [9.17, 15) is 18.5 Å². The van der Waals surface area contributed by atoms with Gasteiger partial charge in [0.15, 0.2) is 18.4 Å². The first-order chi connectivity index (χ1) is 9.82. The number of alkyl halides is 1. The summed E-state index contributed by atoms with van der Waals surface area (Å²) in [5.74, 6) is -1.47. The third kappa shape index (κ3) is 3.70. The van der Waals surface area contributed by atoms with Gasteiger partial charge in [-0.05, 0) is 0 Å². The molecular formula is C9H12FN4O6P. The molecule has 2 rings (SSSR count). The van der Waals surface area contributed by atoms with Crippen LogP contribution in [0.25, 0.3) is 0 Å². The maximum atomic E-state index is 12.1. The predicted octanol–water partition coefficient (Wildman–Crippen LogP) is -0.637. The maximum Gasteiger partial charge on any atom is 0.358 e. The van der Waals surface area contributed by atoms with Crippen LogP contribution in [0.3, 0.4) is 0 Å². The van der Waals surface area contributed by atoms with Crippen molar-refractivity contribution in [1.29, 1.82) is 0 Å². The zero-order valence-corrected chi connectivity index (χ0v) is 11.5. The van der Waals surface area contributed by atoms with Crippen molar-refractivity contribution in [3.63, 3.8) is 0 Å². The lowest BCUT2D eigenvalue weighted by Crippen LogP contribution is -2.22. The molecule has 1 unspecified atom stereocenters. The summed E-state index contributed by atoms with van der Waals surface area (Å²) < 4.78 is 34.0. The number of amides is 1. The highest BCUT2D eigenvalue weighted by Crippen LogP contribution is 2.42. The van der Waals surface area contributed by atoms with Crippen LogP contribution in [0.1, 0.15) is 23.3 Å². The number of primary amides is 1. The fraction of sp³-hybridized carbons (Fsp3) is 0.556. The molecule has 12 heteroatoms. The van der Waals surface area contributed by atoms with Crippen molar-refractivity contribution >= 4 is 19.3 Å². The van der Waals surface area contributed by atoms with Crippen LogP contribution in [0, 0.1) is 0 Å². The third-order valence-electron chi connectivity index (χ3n) is 2.66. The number of carbonyl (C=O) groups is 2. The molecule has 1 aliphatic rings. The van der Waals surface area contributed by atoms with Crippen molar-refractivity contribution in [2.75, 3.05) is 13.0 Å². The topological polar surface area (TPSA) is 147 Å². The standard InChI is InChI=1S/C9H12FN4O6P/c10-3-21(17,18)19-2-6-5(15)1-7(20-6)14-4-12-9(13-14)8(11)16/h4,6-7H,1-3H2,(H2,11,16)(H,17,18)/t6-,7-/m1/s1. The Morgan fingerprint density at radius 1 is 1.71 bits per heavy atom. The maximum absolute atomic E-state index is 12.1. The molecule has 1 aliphatic heterocycles. The fourth-order valence-corrected chi connectivity index (χ4v) is 2.09. The Morgan fingerprint density at radius 2 is 2.43 bits per heavy atom. The van der Waals surface area contributed by atoms with Crippen LogP contribution in [0.4, 0.5) is 4.39 Å². The van der Waals surface area contributed by atoms with Crippen molar-refractivity contribution in [3.05, 3.63) is 12.2 Å². The quantitative estimate of drug-likeness (QED) is 0.657. The Kier molecular flexibility index (Phi) is 4.47. The van der Waals surface area contributed by atoms with E-state index in [0.29, 0.717) is 0 Å². The lowest BCUT2D eigenvalue weighted by atomic mass is 10.2. The Labute approximate surface area is 117 Å². The van der Waals surface area contributed by atoms with Gasteiger partial charge in [-0.15, -0.1) is 5.10 Å². The highest BCUT2D eigenvalue weighted by molar-refractivity contribution is 7.52. The van der Waals surface area contributed by atoms with E-state index >= 15 is 0 Å². The van der Waals surface area contributed by atoms with Crippen LogP contribution in [0.2, 0.25) is 0 Å². The number of nitrogens with zero attached hydrogens (tertiary/aromatic N) is 3. The first-order valence-corrected chi connectivity index (χ1v) is 7.50. The minimum Gasteiger partial charge on any atom is -0.363 e. The molecule has 0 bridgehead atoms. The summed E-state index contributed by atoms with van der Waals surface area (Å²) >= 11 is 0. The van der Waals surface area contributed by atoms with Gasteiger partial charge in [0.2, 0.25) is 5.82 Å². The van der Waals surface area contributed by atoms with Gasteiger partial charge in [-0.1, -0.05) is 0 Å². The van der Waals surface area contributed by atoms with Crippen molar-refractivity contribution in [2.45, 2.75) is 18.8 Å². The van der Waals surface area contributed by atoms with Gasteiger partial charge in [0.05, 0.1) is 13.0 Å². The first-order valence-electron chi connectivity index (χ1n) is 5.74. The highest BCUT2D eigenvalue weighted by Gasteiger charge is 2.37. The number of aromatic nitrogens is 3. The van der Waals surface area contributed by atoms with E-state index in [0.717, 1.165) is 4.68 Å². The summed E-state index contributed by atoms with van der Waals surface area (Å²) in [5.41, 5.74) is 4.99. The molecule has 0 aliphatic carbocycles. The Bertz CT molecular complexity index is 607. The van der Waals surface area contributed by atoms with Gasteiger partial charge in [0.1, 0.15) is 12.4 Å². The molecule has 1 saturated heterocycles. The van der Waals surface area contributed by atoms with Gasteiger partial charge < -0.3 is 19.9 Å². The van der Waals surface area contributed by atoms with Crippen molar-refractivity contribution in [1.82, 2.24) is 14.8 Å². The lowest BCUT2D eigenvalue weighted by Gasteiger charge is -2.14. The monoisotopic (exact) mass is 322 g/mol. The van der Waals surface area contributed by atoms with Gasteiger partial charge in [0.25, 0.3) is 5.91 Å². The molecule has 116 valence electrons. The fourth-order valence-electron chi connectivity index (χ4n) is 1.65. The first kappa shape index (κ1) is 15.7. The van der Waals surface area contributed by atoms with Crippen LogP contribution >= 0.6 is 7.60 Å². The largest absolute Gasteiger partial charge is 0.363 e. The number of ketones is 1. The number of nitrogens with two attached hydrogens (primary N) is 1. The van der Waals surface area contributed by atoms with E-state index in [4.69, 9.17) is 15.4 Å². The molecule has 1 aromatic rings. The second kappa shape index (κ2) is 5.98. The Morgan fingerprint density at radius 3 is 3.00 bits per heavy atom. The lowest BCUT2D eigenvalue weighted by molar-refractivity contribution is -0.124. The SMILES string of the molecule is NC(=O)c1ncn([C@H]2CC(=O)[C@@H](COP(=O)(O)CF)O2)n1. The number of hydrogen-bond donors (Lipinski definition) is 2. The number of hydrogen-bond acceptors (Lipinski definition) is 7. The van der Waals surface area contributed by atoms with E-state index in [1.165, 1.54) is 6.33 Å². The second-order valence-corrected chi connectivity index (χ2v) is 5.99. The number of carbonyl (C=O) groups excluding carboxylic acids is 2. The Hall–Kier alpha value is -1.68. The van der Waals surface area contributed by atoms with E-state index in [2.05, 4.69) is 14.6 Å². The molecule has 3 N–H and O–H groups in total. The van der Waals surface area contributed by atoms with Gasteiger partial charge in [-0.2, -0.15) is 0 Å². The molecule has 0 saturated carbocycles. The number of Topliss-reactive ketones (excluding diaryl/α,β-unsaturated/α-hetero) is 1. The van der Waals surface area contributed by atoms with Crippen LogP contribution in [0.5, 0.6) is 0 Å². The molecule has 0 radical (unpaired) electrons. The minimum absolute atomic E-state index is 0.0963. The summed E-state index contributed by atoms with van der Waals surface area (Å²) in [6.45, 7) is -0.551. The van der Waals surface area contributed by atoms with Gasteiger partial charge in [-0.25, -0.2) is 14.1 Å². The zero-order valence-electron chi connectivity index (χ0n) is 10.6. The molecule has 10 nitrogen and oxygen atoms in total. The van der Waals surface area contributed by atoms with E-state index in [1.807, 2.05) is 0 Å². The highest BCUT2D eigenvalue weighted by atomic mass is 31.2. The Balaban J connectivity index is 1.98. The summed E-state index contributed by atoms with van der Waals surface area (Å²) in [7, 11) is -4.35. The molecule has 21 heavy (non-hydrogen) atoms.